The van der Waals surface area contributed by atoms with Crippen molar-refractivity contribution in [2.75, 3.05) is 38.1 Å². The average molecular weight is 365 g/mol. The summed E-state index contributed by atoms with van der Waals surface area (Å²) in [7, 11) is 1.74. The summed E-state index contributed by atoms with van der Waals surface area (Å²) in [6.07, 6.45) is 4.79. The summed E-state index contributed by atoms with van der Waals surface area (Å²) in [5, 5.41) is 0. The van der Waals surface area contributed by atoms with Crippen LogP contribution in [0.1, 0.15) is 26.4 Å². The van der Waals surface area contributed by atoms with Crippen LogP contribution in [0.2, 0.25) is 0 Å². The fourth-order valence-electron chi connectivity index (χ4n) is 3.47. The predicted molar refractivity (Wildman–Crippen MR) is 97.4 cm³/mol. The molecule has 0 spiro atoms. The molecule has 0 radical (unpaired) electrons. The molecule has 4 rings (SSSR count). The number of hydrogen-bond acceptors (Lipinski definition) is 5. The lowest BCUT2D eigenvalue weighted by Gasteiger charge is -2.34. The van der Waals surface area contributed by atoms with Gasteiger partial charge in [0, 0.05) is 56.9 Å². The minimum Gasteiger partial charge on any atom is -0.335 e. The first kappa shape index (κ1) is 17.1. The van der Waals surface area contributed by atoms with E-state index in [-0.39, 0.29) is 17.7 Å². The summed E-state index contributed by atoms with van der Waals surface area (Å²) in [4.78, 5) is 50.0. The van der Waals surface area contributed by atoms with E-state index in [9.17, 15) is 14.4 Å². The van der Waals surface area contributed by atoms with Gasteiger partial charge in [0.1, 0.15) is 5.69 Å². The second kappa shape index (κ2) is 6.79. The van der Waals surface area contributed by atoms with Gasteiger partial charge >= 0.3 is 0 Å². The molecule has 2 aliphatic rings. The number of hydrogen-bond donors (Lipinski definition) is 0. The van der Waals surface area contributed by atoms with Gasteiger partial charge in [-0.25, -0.2) is 4.98 Å². The summed E-state index contributed by atoms with van der Waals surface area (Å²) in [6, 6.07) is 5.38. The Hall–Kier alpha value is -3.29. The summed E-state index contributed by atoms with van der Waals surface area (Å²) >= 11 is 0. The van der Waals surface area contributed by atoms with Crippen LogP contribution in [0, 0.1) is 0 Å². The molecule has 1 saturated heterocycles. The van der Waals surface area contributed by atoms with Crippen LogP contribution in [0.5, 0.6) is 0 Å². The standard InChI is InChI=1S/C19H19N5O3/c1-22-16-3-2-13(10-14(16)11-17(22)25)18(26)23-6-8-24(9-7-23)19(27)15-12-20-4-5-21-15/h2-5,10,12H,6-9,11H2,1H3. The number of anilines is 1. The number of piperazine rings is 1. The predicted octanol–water partition coefficient (Wildman–Crippen LogP) is 0.594. The van der Waals surface area contributed by atoms with Crippen molar-refractivity contribution in [1.82, 2.24) is 19.8 Å². The highest BCUT2D eigenvalue weighted by molar-refractivity contribution is 6.03. The molecular formula is C19H19N5O3. The van der Waals surface area contributed by atoms with Crippen LogP contribution in [-0.4, -0.2) is 70.7 Å². The second-order valence-corrected chi connectivity index (χ2v) is 6.65. The molecule has 27 heavy (non-hydrogen) atoms. The number of rotatable bonds is 2. The first-order valence-electron chi connectivity index (χ1n) is 8.78. The summed E-state index contributed by atoms with van der Waals surface area (Å²) < 4.78 is 0. The maximum atomic E-state index is 12.8. The number of likely N-dealkylation sites (N-methyl/N-ethyl adjacent to an activating group) is 1. The summed E-state index contributed by atoms with van der Waals surface area (Å²) in [6.45, 7) is 1.82. The Morgan fingerprint density at radius 1 is 1.00 bits per heavy atom. The third-order valence-electron chi connectivity index (χ3n) is 5.04. The first-order valence-corrected chi connectivity index (χ1v) is 8.78. The molecule has 2 aliphatic heterocycles. The molecule has 8 heteroatoms. The van der Waals surface area contributed by atoms with E-state index < -0.39 is 0 Å². The second-order valence-electron chi connectivity index (χ2n) is 6.65. The number of aromatic nitrogens is 2. The Morgan fingerprint density at radius 2 is 1.70 bits per heavy atom. The number of amides is 3. The van der Waals surface area contributed by atoms with Crippen molar-refractivity contribution >= 4 is 23.4 Å². The fraction of sp³-hybridized carbons (Fsp3) is 0.316. The van der Waals surface area contributed by atoms with E-state index >= 15 is 0 Å². The van der Waals surface area contributed by atoms with Gasteiger partial charge in [0.25, 0.3) is 11.8 Å². The Balaban J connectivity index is 1.42. The van der Waals surface area contributed by atoms with Gasteiger partial charge in [-0.3, -0.25) is 19.4 Å². The molecule has 3 heterocycles. The molecule has 3 amide bonds. The highest BCUT2D eigenvalue weighted by Crippen LogP contribution is 2.28. The third kappa shape index (κ3) is 3.14. The normalized spacial score (nSPS) is 16.5. The van der Waals surface area contributed by atoms with E-state index in [2.05, 4.69) is 9.97 Å². The monoisotopic (exact) mass is 365 g/mol. The van der Waals surface area contributed by atoms with Crippen LogP contribution in [-0.2, 0) is 11.2 Å². The van der Waals surface area contributed by atoms with Gasteiger partial charge in [-0.15, -0.1) is 0 Å². The minimum atomic E-state index is -0.172. The van der Waals surface area contributed by atoms with Crippen LogP contribution in [0.25, 0.3) is 0 Å². The smallest absolute Gasteiger partial charge is 0.274 e. The van der Waals surface area contributed by atoms with Crippen molar-refractivity contribution in [3.8, 4) is 0 Å². The fourth-order valence-corrected chi connectivity index (χ4v) is 3.47. The van der Waals surface area contributed by atoms with Crippen molar-refractivity contribution in [3.05, 3.63) is 53.6 Å². The summed E-state index contributed by atoms with van der Waals surface area (Å²) in [5.41, 5.74) is 2.62. The van der Waals surface area contributed by atoms with E-state index in [1.807, 2.05) is 6.07 Å². The number of fused-ring (bicyclic) bond motifs is 1. The molecule has 0 bridgehead atoms. The molecular weight excluding hydrogens is 346 g/mol. The van der Waals surface area contributed by atoms with Gasteiger partial charge in [-0.1, -0.05) is 0 Å². The lowest BCUT2D eigenvalue weighted by Crippen LogP contribution is -2.50. The first-order chi connectivity index (χ1) is 13.0. The van der Waals surface area contributed by atoms with Gasteiger partial charge in [-0.05, 0) is 23.8 Å². The zero-order valence-corrected chi connectivity index (χ0v) is 15.0. The Morgan fingerprint density at radius 3 is 2.37 bits per heavy atom. The maximum Gasteiger partial charge on any atom is 0.274 e. The number of benzene rings is 1. The third-order valence-corrected chi connectivity index (χ3v) is 5.04. The van der Waals surface area contributed by atoms with Gasteiger partial charge in [-0.2, -0.15) is 0 Å². The number of nitrogens with zero attached hydrogens (tertiary/aromatic N) is 5. The van der Waals surface area contributed by atoms with Crippen LogP contribution in [0.4, 0.5) is 5.69 Å². The molecule has 0 unspecified atom stereocenters. The van der Waals surface area contributed by atoms with E-state index in [0.29, 0.717) is 43.9 Å². The van der Waals surface area contributed by atoms with Gasteiger partial charge < -0.3 is 14.7 Å². The molecule has 0 saturated carbocycles. The van der Waals surface area contributed by atoms with Crippen LogP contribution in [0.15, 0.2) is 36.8 Å². The highest BCUT2D eigenvalue weighted by Gasteiger charge is 2.28. The molecule has 0 N–H and O–H groups in total. The van der Waals surface area contributed by atoms with E-state index in [4.69, 9.17) is 0 Å². The van der Waals surface area contributed by atoms with Crippen molar-refractivity contribution in [2.45, 2.75) is 6.42 Å². The number of carbonyl (C=O) groups is 3. The van der Waals surface area contributed by atoms with Crippen LogP contribution >= 0.6 is 0 Å². The zero-order chi connectivity index (χ0) is 19.0. The lowest BCUT2D eigenvalue weighted by molar-refractivity contribution is -0.117. The molecule has 1 aromatic carbocycles. The maximum absolute atomic E-state index is 12.8. The molecule has 138 valence electrons. The van der Waals surface area contributed by atoms with E-state index in [1.54, 1.807) is 33.9 Å². The van der Waals surface area contributed by atoms with E-state index in [1.165, 1.54) is 18.6 Å². The largest absolute Gasteiger partial charge is 0.335 e. The highest BCUT2D eigenvalue weighted by atomic mass is 16.2. The van der Waals surface area contributed by atoms with Crippen LogP contribution < -0.4 is 4.90 Å². The Bertz CT molecular complexity index is 907. The molecule has 2 aromatic rings. The molecule has 1 aromatic heterocycles. The molecule has 0 atom stereocenters. The molecule has 1 fully saturated rings. The lowest BCUT2D eigenvalue weighted by atomic mass is 10.1. The zero-order valence-electron chi connectivity index (χ0n) is 15.0. The Kier molecular flexibility index (Phi) is 4.31. The molecule has 0 aliphatic carbocycles. The van der Waals surface area contributed by atoms with Crippen molar-refractivity contribution in [2.24, 2.45) is 0 Å². The SMILES string of the molecule is CN1C(=O)Cc2cc(C(=O)N3CCN(C(=O)c4cnccn4)CC3)ccc21. The van der Waals surface area contributed by atoms with Crippen molar-refractivity contribution in [1.29, 1.82) is 0 Å². The van der Waals surface area contributed by atoms with Crippen LogP contribution in [0.3, 0.4) is 0 Å². The molecule has 8 nitrogen and oxygen atoms in total. The minimum absolute atomic E-state index is 0.0331. The van der Waals surface area contributed by atoms with Gasteiger partial charge in [0.15, 0.2) is 0 Å². The quantitative estimate of drug-likeness (QED) is 0.778. The van der Waals surface area contributed by atoms with Crippen molar-refractivity contribution in [3.63, 3.8) is 0 Å². The van der Waals surface area contributed by atoms with Crippen molar-refractivity contribution < 1.29 is 14.4 Å². The van der Waals surface area contributed by atoms with Gasteiger partial charge in [0.2, 0.25) is 5.91 Å². The number of carbonyl (C=O) groups excluding carboxylic acids is 3. The van der Waals surface area contributed by atoms with E-state index in [0.717, 1.165) is 11.3 Å². The van der Waals surface area contributed by atoms with Gasteiger partial charge in [0.05, 0.1) is 12.6 Å². The average Bonchev–Trinajstić information content (AvgIpc) is 3.01. The summed E-state index contributed by atoms with van der Waals surface area (Å²) in [5.74, 6) is -0.216. The Labute approximate surface area is 156 Å². The topological polar surface area (TPSA) is 86.7 Å².